The Labute approximate surface area is 154 Å². The summed E-state index contributed by atoms with van der Waals surface area (Å²) in [5, 5.41) is 0. The third-order valence-electron chi connectivity index (χ3n) is 3.94. The third-order valence-corrected chi connectivity index (χ3v) is 5.76. The van der Waals surface area contributed by atoms with Gasteiger partial charge in [0.15, 0.2) is 0 Å². The van der Waals surface area contributed by atoms with Gasteiger partial charge in [0.2, 0.25) is 10.0 Å². The number of rotatable bonds is 8. The van der Waals surface area contributed by atoms with Crippen molar-refractivity contribution >= 4 is 10.0 Å². The zero-order valence-electron chi connectivity index (χ0n) is 15.5. The molecule has 0 saturated heterocycles. The SMILES string of the molecule is COc1ccc(OC)c(CN(C)S(=O)(=O)c2cc(OC)ccc2OC)c1. The van der Waals surface area contributed by atoms with Gasteiger partial charge in [-0.05, 0) is 30.3 Å². The maximum absolute atomic E-state index is 13.1. The Morgan fingerprint density at radius 3 is 1.88 bits per heavy atom. The molecule has 0 aliphatic carbocycles. The zero-order valence-corrected chi connectivity index (χ0v) is 16.3. The first-order chi connectivity index (χ1) is 12.4. The molecule has 0 bridgehead atoms. The van der Waals surface area contributed by atoms with Gasteiger partial charge < -0.3 is 18.9 Å². The summed E-state index contributed by atoms with van der Waals surface area (Å²) in [4.78, 5) is 0.0312. The molecule has 0 fully saturated rings. The zero-order chi connectivity index (χ0) is 19.3. The van der Waals surface area contributed by atoms with E-state index in [0.717, 1.165) is 0 Å². The summed E-state index contributed by atoms with van der Waals surface area (Å²) in [5.74, 6) is 1.86. The number of sulfonamides is 1. The highest BCUT2D eigenvalue weighted by molar-refractivity contribution is 7.89. The first-order valence-corrected chi connectivity index (χ1v) is 9.20. The summed E-state index contributed by atoms with van der Waals surface area (Å²) in [6, 6.07) is 9.87. The van der Waals surface area contributed by atoms with Gasteiger partial charge in [-0.1, -0.05) is 0 Å². The predicted octanol–water partition coefficient (Wildman–Crippen LogP) is 2.54. The van der Waals surface area contributed by atoms with Crippen molar-refractivity contribution in [2.24, 2.45) is 0 Å². The number of hydrogen-bond acceptors (Lipinski definition) is 6. The standard InChI is InChI=1S/C18H23NO6S/c1-19(12-13-10-14(22-2)6-8-16(13)24-4)26(20,21)18-11-15(23-3)7-9-17(18)25-5/h6-11H,12H2,1-5H3. The van der Waals surface area contributed by atoms with Crippen LogP contribution in [0.3, 0.4) is 0 Å². The molecule has 26 heavy (non-hydrogen) atoms. The Balaban J connectivity index is 2.42. The fraction of sp³-hybridized carbons (Fsp3) is 0.333. The van der Waals surface area contributed by atoms with Crippen LogP contribution < -0.4 is 18.9 Å². The second-order valence-electron chi connectivity index (χ2n) is 5.46. The molecular formula is C18H23NO6S. The second-order valence-corrected chi connectivity index (χ2v) is 7.47. The number of hydrogen-bond donors (Lipinski definition) is 0. The van der Waals surface area contributed by atoms with E-state index >= 15 is 0 Å². The lowest BCUT2D eigenvalue weighted by Gasteiger charge is -2.21. The summed E-state index contributed by atoms with van der Waals surface area (Å²) in [5.41, 5.74) is 0.680. The first kappa shape index (κ1) is 19.9. The molecule has 0 radical (unpaired) electrons. The highest BCUT2D eigenvalue weighted by Gasteiger charge is 2.26. The van der Waals surface area contributed by atoms with Crippen molar-refractivity contribution in [2.75, 3.05) is 35.5 Å². The highest BCUT2D eigenvalue weighted by atomic mass is 32.2. The maximum Gasteiger partial charge on any atom is 0.246 e. The molecule has 0 amide bonds. The molecule has 0 unspecified atom stereocenters. The number of ether oxygens (including phenoxy) is 4. The van der Waals surface area contributed by atoms with E-state index in [0.29, 0.717) is 22.8 Å². The Bertz CT molecular complexity index is 866. The van der Waals surface area contributed by atoms with Crippen LogP contribution in [0, 0.1) is 0 Å². The smallest absolute Gasteiger partial charge is 0.246 e. The lowest BCUT2D eigenvalue weighted by molar-refractivity contribution is 0.382. The third kappa shape index (κ3) is 4.03. The molecule has 0 aliphatic rings. The molecule has 7 nitrogen and oxygen atoms in total. The Hall–Kier alpha value is -2.45. The topological polar surface area (TPSA) is 74.3 Å². The van der Waals surface area contributed by atoms with E-state index in [4.69, 9.17) is 18.9 Å². The van der Waals surface area contributed by atoms with Crippen LogP contribution in [0.15, 0.2) is 41.3 Å². The number of methoxy groups -OCH3 is 4. The largest absolute Gasteiger partial charge is 0.497 e. The lowest BCUT2D eigenvalue weighted by atomic mass is 10.2. The molecule has 0 atom stereocenters. The van der Waals surface area contributed by atoms with Crippen LogP contribution in [0.4, 0.5) is 0 Å². The van der Waals surface area contributed by atoms with E-state index in [1.807, 2.05) is 0 Å². The van der Waals surface area contributed by atoms with E-state index in [1.54, 1.807) is 37.4 Å². The van der Waals surface area contributed by atoms with Crippen molar-refractivity contribution in [3.05, 3.63) is 42.0 Å². The molecular weight excluding hydrogens is 358 g/mol. The highest BCUT2D eigenvalue weighted by Crippen LogP contribution is 2.32. The molecule has 0 N–H and O–H groups in total. The molecule has 8 heteroatoms. The summed E-state index contributed by atoms with van der Waals surface area (Å²) in [6.45, 7) is 0.100. The monoisotopic (exact) mass is 381 g/mol. The predicted molar refractivity (Wildman–Crippen MR) is 97.7 cm³/mol. The van der Waals surface area contributed by atoms with E-state index in [1.165, 1.54) is 38.7 Å². The fourth-order valence-electron chi connectivity index (χ4n) is 2.48. The first-order valence-electron chi connectivity index (χ1n) is 7.76. The van der Waals surface area contributed by atoms with Crippen molar-refractivity contribution < 1.29 is 27.4 Å². The van der Waals surface area contributed by atoms with E-state index in [9.17, 15) is 8.42 Å². The van der Waals surface area contributed by atoms with Crippen molar-refractivity contribution in [1.29, 1.82) is 0 Å². The maximum atomic E-state index is 13.1. The Morgan fingerprint density at radius 2 is 1.35 bits per heavy atom. The van der Waals surface area contributed by atoms with Crippen LogP contribution >= 0.6 is 0 Å². The fourth-order valence-corrected chi connectivity index (χ4v) is 3.80. The van der Waals surface area contributed by atoms with Crippen molar-refractivity contribution in [3.8, 4) is 23.0 Å². The second kappa shape index (κ2) is 8.29. The van der Waals surface area contributed by atoms with Crippen LogP contribution in [0.2, 0.25) is 0 Å². The van der Waals surface area contributed by atoms with Crippen molar-refractivity contribution in [1.82, 2.24) is 4.31 Å². The average Bonchev–Trinajstić information content (AvgIpc) is 2.67. The van der Waals surface area contributed by atoms with Crippen molar-refractivity contribution in [3.63, 3.8) is 0 Å². The van der Waals surface area contributed by atoms with Crippen LogP contribution in [-0.2, 0) is 16.6 Å². The van der Waals surface area contributed by atoms with Gasteiger partial charge in [0, 0.05) is 25.2 Å². The van der Waals surface area contributed by atoms with E-state index in [2.05, 4.69) is 0 Å². The number of nitrogens with zero attached hydrogens (tertiary/aromatic N) is 1. The molecule has 2 aromatic carbocycles. The van der Waals surface area contributed by atoms with Gasteiger partial charge in [0.25, 0.3) is 0 Å². The van der Waals surface area contributed by atoms with E-state index < -0.39 is 10.0 Å². The van der Waals surface area contributed by atoms with Crippen LogP contribution in [-0.4, -0.2) is 48.2 Å². The molecule has 142 valence electrons. The quantitative estimate of drug-likeness (QED) is 0.700. The van der Waals surface area contributed by atoms with Gasteiger partial charge in [0.05, 0.1) is 28.4 Å². The lowest BCUT2D eigenvalue weighted by Crippen LogP contribution is -2.27. The summed E-state index contributed by atoms with van der Waals surface area (Å²) in [6.07, 6.45) is 0. The van der Waals surface area contributed by atoms with E-state index in [-0.39, 0.29) is 17.2 Å². The Kier molecular flexibility index (Phi) is 6.33. The summed E-state index contributed by atoms with van der Waals surface area (Å²) in [7, 11) is 3.65. The Morgan fingerprint density at radius 1 is 0.808 bits per heavy atom. The van der Waals surface area contributed by atoms with Crippen LogP contribution in [0.1, 0.15) is 5.56 Å². The van der Waals surface area contributed by atoms with Gasteiger partial charge in [-0.3, -0.25) is 0 Å². The van der Waals surface area contributed by atoms with Gasteiger partial charge in [-0.25, -0.2) is 8.42 Å². The van der Waals surface area contributed by atoms with Gasteiger partial charge in [0.1, 0.15) is 27.9 Å². The average molecular weight is 381 g/mol. The minimum absolute atomic E-state index is 0.0312. The van der Waals surface area contributed by atoms with Crippen LogP contribution in [0.5, 0.6) is 23.0 Å². The molecule has 0 aliphatic heterocycles. The summed E-state index contributed by atoms with van der Waals surface area (Å²) < 4.78 is 48.2. The molecule has 0 heterocycles. The van der Waals surface area contributed by atoms with Gasteiger partial charge in [-0.2, -0.15) is 4.31 Å². The molecule has 0 spiro atoms. The minimum atomic E-state index is -3.83. The number of benzene rings is 2. The van der Waals surface area contributed by atoms with Crippen LogP contribution in [0.25, 0.3) is 0 Å². The molecule has 2 aromatic rings. The summed E-state index contributed by atoms with van der Waals surface area (Å²) >= 11 is 0. The molecule has 2 rings (SSSR count). The van der Waals surface area contributed by atoms with Crippen molar-refractivity contribution in [2.45, 2.75) is 11.4 Å². The minimum Gasteiger partial charge on any atom is -0.497 e. The molecule has 0 aromatic heterocycles. The van der Waals surface area contributed by atoms with Gasteiger partial charge >= 0.3 is 0 Å². The van der Waals surface area contributed by atoms with Gasteiger partial charge in [-0.15, -0.1) is 0 Å². The molecule has 0 saturated carbocycles. The normalized spacial score (nSPS) is 11.3.